The quantitative estimate of drug-likeness (QED) is 0.0995. The monoisotopic (exact) mass is 1870 g/mol. The molecule has 0 atom stereocenters. The van der Waals surface area contributed by atoms with Crippen LogP contribution in [0.25, 0.3) is 275 Å². The molecule has 0 bridgehead atoms. The van der Waals surface area contributed by atoms with Crippen molar-refractivity contribution in [3.8, 4) is 145 Å². The summed E-state index contributed by atoms with van der Waals surface area (Å²) in [7, 11) is 0. The Morgan fingerprint density at radius 1 is 0.122 bits per heavy atom. The number of hydrogen-bond acceptors (Lipinski definition) is 1. The Balaban J connectivity index is 0.000000109. The van der Waals surface area contributed by atoms with E-state index < -0.39 is 0 Å². The Labute approximate surface area is 852 Å². The minimum Gasteiger partial charge on any atom is -0.455 e. The molecule has 0 amide bonds. The molecule has 0 aliphatic carbocycles. The van der Waals surface area contributed by atoms with E-state index in [1.807, 2.05) is 12.1 Å². The summed E-state index contributed by atoms with van der Waals surface area (Å²) in [6.45, 7) is 0. The zero-order valence-electron chi connectivity index (χ0n) is 80.6. The van der Waals surface area contributed by atoms with E-state index in [2.05, 4.69) is 567 Å². The van der Waals surface area contributed by atoms with Crippen LogP contribution in [0.3, 0.4) is 0 Å². The molecular formula is C144H94N2O. The van der Waals surface area contributed by atoms with Crippen LogP contribution in [0.5, 0.6) is 0 Å². The average Bonchev–Trinajstić information content (AvgIpc) is 1.37. The number of benzene rings is 26. The average molecular weight is 1870 g/mol. The van der Waals surface area contributed by atoms with E-state index in [0.717, 1.165) is 38.8 Å². The number of furan rings is 1. The van der Waals surface area contributed by atoms with Gasteiger partial charge in [0.15, 0.2) is 0 Å². The van der Waals surface area contributed by atoms with Crippen LogP contribution in [-0.4, -0.2) is 9.13 Å². The molecule has 3 heterocycles. The highest BCUT2D eigenvalue weighted by Crippen LogP contribution is 2.54. The van der Waals surface area contributed by atoms with Gasteiger partial charge in [0.05, 0.1) is 22.1 Å². The van der Waals surface area contributed by atoms with Gasteiger partial charge in [-0.2, -0.15) is 0 Å². The first-order valence-electron chi connectivity index (χ1n) is 50.7. The van der Waals surface area contributed by atoms with Gasteiger partial charge in [-0.1, -0.05) is 504 Å². The fourth-order valence-corrected chi connectivity index (χ4v) is 23.6. The molecular weight excluding hydrogens is 1770 g/mol. The van der Waals surface area contributed by atoms with Crippen molar-refractivity contribution in [1.29, 1.82) is 0 Å². The second-order valence-corrected chi connectivity index (χ2v) is 38.1. The van der Waals surface area contributed by atoms with Crippen molar-refractivity contribution < 1.29 is 4.42 Å². The molecule has 0 spiro atoms. The first-order valence-corrected chi connectivity index (χ1v) is 50.7. The van der Waals surface area contributed by atoms with Crippen LogP contribution < -0.4 is 0 Å². The number of para-hydroxylation sites is 6. The van der Waals surface area contributed by atoms with Crippen molar-refractivity contribution in [2.24, 2.45) is 0 Å². The Morgan fingerprint density at radius 2 is 0.367 bits per heavy atom. The summed E-state index contributed by atoms with van der Waals surface area (Å²) < 4.78 is 11.2. The molecule has 0 N–H and O–H groups in total. The predicted octanol–water partition coefficient (Wildman–Crippen LogP) is 40.1. The molecule has 0 aliphatic rings. The Hall–Kier alpha value is -19.3. The van der Waals surface area contributed by atoms with Gasteiger partial charge in [0.1, 0.15) is 11.2 Å². The first kappa shape index (κ1) is 86.8. The van der Waals surface area contributed by atoms with Crippen molar-refractivity contribution in [3.05, 3.63) is 570 Å². The molecule has 26 aromatic carbocycles. The number of hydrogen-bond donors (Lipinski definition) is 0. The third-order valence-electron chi connectivity index (χ3n) is 29.9. The molecule has 0 fully saturated rings. The van der Waals surface area contributed by atoms with Gasteiger partial charge in [0.2, 0.25) is 0 Å². The van der Waals surface area contributed by atoms with Crippen LogP contribution in [0.15, 0.2) is 575 Å². The fraction of sp³-hybridized carbons (Fsp3) is 0. The maximum absolute atomic E-state index is 6.43. The summed E-state index contributed by atoms with van der Waals surface area (Å²) >= 11 is 0. The third kappa shape index (κ3) is 15.1. The van der Waals surface area contributed by atoms with Crippen LogP contribution in [0, 0.1) is 0 Å². The normalized spacial score (nSPS) is 11.5. The van der Waals surface area contributed by atoms with Gasteiger partial charge < -0.3 is 13.6 Å². The van der Waals surface area contributed by atoms with Crippen molar-refractivity contribution in [1.82, 2.24) is 9.13 Å². The molecule has 29 aromatic rings. The highest BCUT2D eigenvalue weighted by Gasteiger charge is 2.28. The number of rotatable bonds is 14. The lowest BCUT2D eigenvalue weighted by Crippen LogP contribution is -1.94. The third-order valence-corrected chi connectivity index (χ3v) is 29.9. The van der Waals surface area contributed by atoms with E-state index in [4.69, 9.17) is 4.42 Å². The molecule has 3 aromatic heterocycles. The lowest BCUT2D eigenvalue weighted by atomic mass is 9.82. The van der Waals surface area contributed by atoms with Crippen LogP contribution in [-0.2, 0) is 0 Å². The Morgan fingerprint density at radius 3 is 0.789 bits per heavy atom. The van der Waals surface area contributed by atoms with Crippen molar-refractivity contribution in [2.75, 3.05) is 0 Å². The largest absolute Gasteiger partial charge is 0.455 e. The summed E-state index contributed by atoms with van der Waals surface area (Å²) in [5.41, 5.74) is 38.5. The molecule has 0 unspecified atom stereocenters. The molecule has 29 rings (SSSR count). The van der Waals surface area contributed by atoms with Crippen molar-refractivity contribution >= 4 is 130 Å². The highest BCUT2D eigenvalue weighted by atomic mass is 16.3. The van der Waals surface area contributed by atoms with E-state index in [-0.39, 0.29) is 0 Å². The summed E-state index contributed by atoms with van der Waals surface area (Å²) in [6, 6.07) is 207. The molecule has 3 nitrogen and oxygen atoms in total. The smallest absolute Gasteiger partial charge is 0.143 e. The van der Waals surface area contributed by atoms with Crippen molar-refractivity contribution in [2.45, 2.75) is 0 Å². The van der Waals surface area contributed by atoms with Crippen LogP contribution in [0.2, 0.25) is 0 Å². The van der Waals surface area contributed by atoms with E-state index >= 15 is 0 Å². The van der Waals surface area contributed by atoms with Crippen LogP contribution >= 0.6 is 0 Å². The molecule has 0 radical (unpaired) electrons. The van der Waals surface area contributed by atoms with E-state index in [0.29, 0.717) is 0 Å². The SMILES string of the molecule is c1ccc(-c2ccc(-c3c4ccccc4c(-c4cccc(-c5cccc6c5oc5ccccc56)c4)c4ccccc34)cc2)cc1.c1ccc(-c2ccccc2-c2c3ccccc3c(-c3cccc(-c4cccc5c4c4ccccc4n5-c4ccccc4)c3)c3ccccc23)cc1.c1ccc(-c2ccccc2-c2c3ccccc3c(-c3ccccc3-c3cccc4c3c3ccccc3n4-c3ccccc3)c3ccccc23)cc1. The van der Waals surface area contributed by atoms with E-state index in [1.165, 1.54) is 236 Å². The molecule has 3 heteroatoms. The predicted molar refractivity (Wildman–Crippen MR) is 626 cm³/mol. The zero-order chi connectivity index (χ0) is 97.2. The molecule has 0 aliphatic heterocycles. The fourth-order valence-electron chi connectivity index (χ4n) is 23.6. The Kier molecular flexibility index (Phi) is 22.0. The van der Waals surface area contributed by atoms with Gasteiger partial charge in [-0.15, -0.1) is 0 Å². The van der Waals surface area contributed by atoms with Gasteiger partial charge in [-0.25, -0.2) is 0 Å². The van der Waals surface area contributed by atoms with E-state index in [1.54, 1.807) is 0 Å². The summed E-state index contributed by atoms with van der Waals surface area (Å²) in [5.74, 6) is 0. The summed E-state index contributed by atoms with van der Waals surface area (Å²) in [6.07, 6.45) is 0. The number of aromatic nitrogens is 2. The number of fused-ring (bicyclic) bond motifs is 15. The maximum atomic E-state index is 6.43. The van der Waals surface area contributed by atoms with Gasteiger partial charge in [-0.05, 0) is 259 Å². The minimum atomic E-state index is 0.917. The zero-order valence-corrected chi connectivity index (χ0v) is 80.6. The standard InChI is InChI=1S/2C50H33N.C44H28O/c1-3-18-34(19-4-1)36-22-7-9-24-38(36)48-41-26-11-13-28-43(41)49(44-29-14-12-27-42(44)48)39-25-10-8-23-37(39)40-31-17-33-47-50(40)45-30-15-16-32-46(45)51(47)35-20-5-2-6-21-35;1-3-17-34(18-4-1)38-23-7-8-24-40(38)49-43-27-11-9-25-41(43)48(42-26-10-12-28-44(42)49)36-20-15-19-35(33-36)39-30-16-32-47-50(39)45-29-13-14-31-46(45)51(47)37-21-5-2-6-22-37;1-2-12-29(13-3-1)30-24-26-31(27-25-30)42-36-17-4-6-19-38(36)43(39-20-7-5-18-37(39)42)33-15-10-14-32(28-33)34-21-11-22-40-35-16-8-9-23-41(35)45-44(34)40/h2*1-33H;1-28H. The molecule has 686 valence electrons. The molecule has 0 saturated carbocycles. The second kappa shape index (κ2) is 37.3. The van der Waals surface area contributed by atoms with Crippen LogP contribution in [0.4, 0.5) is 0 Å². The highest BCUT2D eigenvalue weighted by molar-refractivity contribution is 6.28. The Bertz CT molecular complexity index is 9990. The van der Waals surface area contributed by atoms with Crippen molar-refractivity contribution in [3.63, 3.8) is 0 Å². The molecule has 147 heavy (non-hydrogen) atoms. The second-order valence-electron chi connectivity index (χ2n) is 38.1. The summed E-state index contributed by atoms with van der Waals surface area (Å²) in [4.78, 5) is 0. The van der Waals surface area contributed by atoms with E-state index in [9.17, 15) is 0 Å². The van der Waals surface area contributed by atoms with Crippen LogP contribution in [0.1, 0.15) is 0 Å². The van der Waals surface area contributed by atoms with Gasteiger partial charge in [0, 0.05) is 49.3 Å². The van der Waals surface area contributed by atoms with Gasteiger partial charge in [0.25, 0.3) is 0 Å². The topological polar surface area (TPSA) is 23.0 Å². The lowest BCUT2D eigenvalue weighted by Gasteiger charge is -2.21. The maximum Gasteiger partial charge on any atom is 0.143 e. The first-order chi connectivity index (χ1) is 73.0. The number of nitrogens with zero attached hydrogens (tertiary/aromatic N) is 2. The minimum absolute atomic E-state index is 0.917. The molecule has 0 saturated heterocycles. The van der Waals surface area contributed by atoms with Gasteiger partial charge in [-0.3, -0.25) is 0 Å². The summed E-state index contributed by atoms with van der Waals surface area (Å²) in [5, 5.41) is 22.4. The lowest BCUT2D eigenvalue weighted by molar-refractivity contribution is 0.670. The van der Waals surface area contributed by atoms with Gasteiger partial charge >= 0.3 is 0 Å².